The van der Waals surface area contributed by atoms with Gasteiger partial charge in [0.25, 0.3) is 5.91 Å². The SMILES string of the molecule is C=CCCOCCNC(=O)c1cc(N)cn1CC. The van der Waals surface area contributed by atoms with E-state index in [1.165, 1.54) is 0 Å². The Kier molecular flexibility index (Phi) is 6.00. The van der Waals surface area contributed by atoms with Crippen LogP contribution in [0, 0.1) is 0 Å². The molecule has 0 fully saturated rings. The summed E-state index contributed by atoms with van der Waals surface area (Å²) in [5, 5.41) is 2.80. The molecule has 0 radical (unpaired) electrons. The van der Waals surface area contributed by atoms with Crippen molar-refractivity contribution in [2.24, 2.45) is 0 Å². The van der Waals surface area contributed by atoms with Gasteiger partial charge >= 0.3 is 0 Å². The Hall–Kier alpha value is -1.75. The van der Waals surface area contributed by atoms with Gasteiger partial charge in [0.2, 0.25) is 0 Å². The monoisotopic (exact) mass is 251 g/mol. The average Bonchev–Trinajstić information content (AvgIpc) is 2.74. The Bertz CT molecular complexity index is 399. The molecule has 0 aliphatic heterocycles. The van der Waals surface area contributed by atoms with Gasteiger partial charge in [-0.1, -0.05) is 6.08 Å². The number of amides is 1. The number of anilines is 1. The number of carbonyl (C=O) groups is 1. The summed E-state index contributed by atoms with van der Waals surface area (Å²) in [5.74, 6) is -0.124. The molecule has 0 saturated carbocycles. The first-order valence-corrected chi connectivity index (χ1v) is 6.11. The van der Waals surface area contributed by atoms with Crippen molar-refractivity contribution < 1.29 is 9.53 Å². The standard InChI is InChI=1S/C13H21N3O2/c1-3-5-7-18-8-6-15-13(17)12-9-11(14)10-16(12)4-2/h3,9-10H,1,4-8,14H2,2H3,(H,15,17). The van der Waals surface area contributed by atoms with Gasteiger partial charge in [-0.05, 0) is 19.4 Å². The van der Waals surface area contributed by atoms with Crippen LogP contribution in [0.1, 0.15) is 23.8 Å². The highest BCUT2D eigenvalue weighted by atomic mass is 16.5. The van der Waals surface area contributed by atoms with E-state index in [0.717, 1.165) is 13.0 Å². The van der Waals surface area contributed by atoms with E-state index in [9.17, 15) is 4.79 Å². The molecule has 5 heteroatoms. The van der Waals surface area contributed by atoms with Crippen LogP contribution in [0.3, 0.4) is 0 Å². The van der Waals surface area contributed by atoms with Gasteiger partial charge in [0, 0.05) is 19.3 Å². The number of rotatable bonds is 8. The summed E-state index contributed by atoms with van der Waals surface area (Å²) in [6, 6.07) is 1.68. The fourth-order valence-corrected chi connectivity index (χ4v) is 1.58. The van der Waals surface area contributed by atoms with Crippen LogP contribution in [0.4, 0.5) is 5.69 Å². The fourth-order valence-electron chi connectivity index (χ4n) is 1.58. The molecule has 5 nitrogen and oxygen atoms in total. The normalized spacial score (nSPS) is 10.3. The summed E-state index contributed by atoms with van der Waals surface area (Å²) in [6.45, 7) is 7.92. The summed E-state index contributed by atoms with van der Waals surface area (Å²) in [7, 11) is 0. The number of aromatic nitrogens is 1. The lowest BCUT2D eigenvalue weighted by molar-refractivity contribution is 0.0909. The second-order valence-electron chi connectivity index (χ2n) is 3.89. The Morgan fingerprint density at radius 2 is 2.39 bits per heavy atom. The van der Waals surface area contributed by atoms with Gasteiger partial charge in [0.15, 0.2) is 0 Å². The lowest BCUT2D eigenvalue weighted by Crippen LogP contribution is -2.29. The molecule has 0 atom stereocenters. The number of carbonyl (C=O) groups excluding carboxylic acids is 1. The van der Waals surface area contributed by atoms with Crippen molar-refractivity contribution in [1.82, 2.24) is 9.88 Å². The van der Waals surface area contributed by atoms with Gasteiger partial charge in [0.05, 0.1) is 18.9 Å². The van der Waals surface area contributed by atoms with Crippen LogP contribution >= 0.6 is 0 Å². The molecule has 1 rings (SSSR count). The van der Waals surface area contributed by atoms with Crippen LogP contribution in [0.5, 0.6) is 0 Å². The predicted molar refractivity (Wildman–Crippen MR) is 72.5 cm³/mol. The quantitative estimate of drug-likeness (QED) is 0.542. The summed E-state index contributed by atoms with van der Waals surface area (Å²) < 4.78 is 7.13. The van der Waals surface area contributed by atoms with Gasteiger partial charge in [-0.2, -0.15) is 0 Å². The molecule has 0 bridgehead atoms. The number of aryl methyl sites for hydroxylation is 1. The smallest absolute Gasteiger partial charge is 0.268 e. The molecule has 0 unspecified atom stereocenters. The zero-order valence-corrected chi connectivity index (χ0v) is 10.8. The number of nitrogens with zero attached hydrogens (tertiary/aromatic N) is 1. The summed E-state index contributed by atoms with van der Waals surface area (Å²) in [5.41, 5.74) is 6.85. The molecule has 1 heterocycles. The molecule has 0 aliphatic rings. The zero-order valence-electron chi connectivity index (χ0n) is 10.8. The molecule has 0 saturated heterocycles. The van der Waals surface area contributed by atoms with E-state index >= 15 is 0 Å². The fraction of sp³-hybridized carbons (Fsp3) is 0.462. The van der Waals surface area contributed by atoms with Gasteiger partial charge in [0.1, 0.15) is 5.69 Å². The van der Waals surface area contributed by atoms with Crippen molar-refractivity contribution in [1.29, 1.82) is 0 Å². The third-order valence-electron chi connectivity index (χ3n) is 2.49. The third kappa shape index (κ3) is 4.25. The molecular formula is C13H21N3O2. The van der Waals surface area contributed by atoms with E-state index in [-0.39, 0.29) is 5.91 Å². The molecule has 18 heavy (non-hydrogen) atoms. The topological polar surface area (TPSA) is 69.3 Å². The maximum atomic E-state index is 11.9. The largest absolute Gasteiger partial charge is 0.397 e. The van der Waals surface area contributed by atoms with Gasteiger partial charge in [-0.25, -0.2) is 0 Å². The van der Waals surface area contributed by atoms with Crippen molar-refractivity contribution in [3.05, 3.63) is 30.6 Å². The first-order valence-electron chi connectivity index (χ1n) is 6.11. The van der Waals surface area contributed by atoms with E-state index in [2.05, 4.69) is 11.9 Å². The van der Waals surface area contributed by atoms with Crippen LogP contribution in [-0.4, -0.2) is 30.2 Å². The van der Waals surface area contributed by atoms with Crippen molar-refractivity contribution in [3.63, 3.8) is 0 Å². The van der Waals surface area contributed by atoms with Crippen LogP contribution in [0.15, 0.2) is 24.9 Å². The van der Waals surface area contributed by atoms with Crippen LogP contribution in [0.2, 0.25) is 0 Å². The molecule has 100 valence electrons. The third-order valence-corrected chi connectivity index (χ3v) is 2.49. The molecule has 0 spiro atoms. The zero-order chi connectivity index (χ0) is 13.4. The lowest BCUT2D eigenvalue weighted by Gasteiger charge is -2.07. The molecule has 3 N–H and O–H groups in total. The summed E-state index contributed by atoms with van der Waals surface area (Å²) in [4.78, 5) is 11.9. The van der Waals surface area contributed by atoms with Crippen molar-refractivity contribution in [3.8, 4) is 0 Å². The maximum absolute atomic E-state index is 11.9. The Balaban J connectivity index is 2.33. The van der Waals surface area contributed by atoms with Gasteiger partial charge < -0.3 is 20.4 Å². The second-order valence-corrected chi connectivity index (χ2v) is 3.89. The summed E-state index contributed by atoms with van der Waals surface area (Å²) >= 11 is 0. The number of ether oxygens (including phenoxy) is 1. The minimum Gasteiger partial charge on any atom is -0.397 e. The first kappa shape index (κ1) is 14.3. The Labute approximate surface area is 108 Å². The minimum absolute atomic E-state index is 0.124. The highest BCUT2D eigenvalue weighted by Crippen LogP contribution is 2.10. The summed E-state index contributed by atoms with van der Waals surface area (Å²) in [6.07, 6.45) is 4.38. The van der Waals surface area contributed by atoms with E-state index in [1.54, 1.807) is 18.3 Å². The number of hydrogen-bond acceptors (Lipinski definition) is 3. The molecule has 0 aromatic carbocycles. The molecule has 1 aromatic heterocycles. The van der Waals surface area contributed by atoms with E-state index in [4.69, 9.17) is 10.5 Å². The van der Waals surface area contributed by atoms with E-state index in [0.29, 0.717) is 31.1 Å². The molecule has 1 aromatic rings. The number of hydrogen-bond donors (Lipinski definition) is 2. The lowest BCUT2D eigenvalue weighted by atomic mass is 10.4. The average molecular weight is 251 g/mol. The minimum atomic E-state index is -0.124. The number of nitrogens with two attached hydrogens (primary N) is 1. The van der Waals surface area contributed by atoms with Crippen LogP contribution in [0.25, 0.3) is 0 Å². The first-order chi connectivity index (χ1) is 8.69. The van der Waals surface area contributed by atoms with Gasteiger partial charge in [-0.15, -0.1) is 6.58 Å². The Morgan fingerprint density at radius 1 is 1.61 bits per heavy atom. The highest BCUT2D eigenvalue weighted by Gasteiger charge is 2.10. The van der Waals surface area contributed by atoms with E-state index < -0.39 is 0 Å². The predicted octanol–water partition coefficient (Wildman–Crippen LogP) is 1.41. The van der Waals surface area contributed by atoms with E-state index in [1.807, 2.05) is 11.5 Å². The van der Waals surface area contributed by atoms with Crippen molar-refractivity contribution in [2.45, 2.75) is 19.9 Å². The Morgan fingerprint density at radius 3 is 3.06 bits per heavy atom. The molecular weight excluding hydrogens is 230 g/mol. The van der Waals surface area contributed by atoms with Crippen LogP contribution < -0.4 is 11.1 Å². The number of nitrogen functional groups attached to an aromatic ring is 1. The molecule has 1 amide bonds. The maximum Gasteiger partial charge on any atom is 0.268 e. The second kappa shape index (κ2) is 7.55. The van der Waals surface area contributed by atoms with Gasteiger partial charge in [-0.3, -0.25) is 4.79 Å². The van der Waals surface area contributed by atoms with Crippen LogP contribution in [-0.2, 0) is 11.3 Å². The highest BCUT2D eigenvalue weighted by molar-refractivity contribution is 5.93. The van der Waals surface area contributed by atoms with Crippen molar-refractivity contribution >= 4 is 11.6 Å². The van der Waals surface area contributed by atoms with Crippen molar-refractivity contribution in [2.75, 3.05) is 25.5 Å². The molecule has 0 aliphatic carbocycles. The number of nitrogens with one attached hydrogen (secondary N) is 1.